The molecule has 0 fully saturated rings. The van der Waals surface area contributed by atoms with Crippen molar-refractivity contribution in [3.63, 3.8) is 0 Å². The number of carbonyl (C=O) groups excluding carboxylic acids is 1. The third-order valence-electron chi connectivity index (χ3n) is 4.10. The van der Waals surface area contributed by atoms with Crippen molar-refractivity contribution in [2.24, 2.45) is 5.14 Å². The van der Waals surface area contributed by atoms with Crippen LogP contribution in [0.5, 0.6) is 17.2 Å². The maximum absolute atomic E-state index is 12.4. The maximum Gasteiger partial charge on any atom is 0.387 e. The van der Waals surface area contributed by atoms with E-state index in [1.165, 1.54) is 36.4 Å². The van der Waals surface area contributed by atoms with Crippen LogP contribution in [0.1, 0.15) is 5.56 Å². The van der Waals surface area contributed by atoms with Crippen LogP contribution in [0.3, 0.4) is 0 Å². The van der Waals surface area contributed by atoms with Crippen LogP contribution in [0.4, 0.5) is 14.5 Å². The first-order valence-corrected chi connectivity index (χ1v) is 11.0. The molecule has 0 radical (unpaired) electrons. The fourth-order valence-corrected chi connectivity index (χ4v) is 3.64. The monoisotopic (exact) mass is 482 g/mol. The standard InChI is InChI=1S/C21H17ClF2N2O5S/c22-17-7-2-1-4-13(17)10-20(27)26-14-8-9-18(19(11-14)32(25,28)29)30-15-5-3-6-16(12-15)31-21(23)24/h1-9,11-12,21H,10H2,(H,26,27)(H2,25,28,29). The molecular weight excluding hydrogens is 466 g/mol. The number of hydrogen-bond donors (Lipinski definition) is 2. The Hall–Kier alpha value is -3.21. The third-order valence-corrected chi connectivity index (χ3v) is 5.40. The maximum atomic E-state index is 12.4. The highest BCUT2D eigenvalue weighted by Crippen LogP contribution is 2.32. The lowest BCUT2D eigenvalue weighted by atomic mass is 10.1. The zero-order chi connectivity index (χ0) is 23.3. The number of anilines is 1. The summed E-state index contributed by atoms with van der Waals surface area (Å²) in [6.07, 6.45) is -0.0282. The van der Waals surface area contributed by atoms with Crippen LogP contribution in [-0.2, 0) is 21.2 Å². The molecule has 32 heavy (non-hydrogen) atoms. The van der Waals surface area contributed by atoms with Gasteiger partial charge in [-0.3, -0.25) is 4.79 Å². The molecule has 0 aliphatic carbocycles. The second-order valence-electron chi connectivity index (χ2n) is 6.48. The SMILES string of the molecule is NS(=O)(=O)c1cc(NC(=O)Cc2ccccc2Cl)ccc1Oc1cccc(OC(F)F)c1. The number of alkyl halides is 2. The number of amides is 1. The van der Waals surface area contributed by atoms with Crippen LogP contribution in [-0.4, -0.2) is 20.9 Å². The van der Waals surface area contributed by atoms with Gasteiger partial charge in [0, 0.05) is 16.8 Å². The van der Waals surface area contributed by atoms with Gasteiger partial charge < -0.3 is 14.8 Å². The van der Waals surface area contributed by atoms with E-state index in [1.807, 2.05) is 0 Å². The van der Waals surface area contributed by atoms with E-state index < -0.39 is 27.4 Å². The summed E-state index contributed by atoms with van der Waals surface area (Å²) in [5, 5.41) is 8.29. The first kappa shape index (κ1) is 23.5. The number of benzene rings is 3. The van der Waals surface area contributed by atoms with Crippen molar-refractivity contribution in [1.82, 2.24) is 0 Å². The van der Waals surface area contributed by atoms with Gasteiger partial charge in [0.15, 0.2) is 0 Å². The molecule has 0 bridgehead atoms. The van der Waals surface area contributed by atoms with Crippen LogP contribution < -0.4 is 19.9 Å². The van der Waals surface area contributed by atoms with Gasteiger partial charge in [-0.2, -0.15) is 8.78 Å². The summed E-state index contributed by atoms with van der Waals surface area (Å²) in [4.78, 5) is 11.9. The largest absolute Gasteiger partial charge is 0.456 e. The first-order valence-electron chi connectivity index (χ1n) is 9.04. The quantitative estimate of drug-likeness (QED) is 0.489. The molecule has 3 N–H and O–H groups in total. The van der Waals surface area contributed by atoms with Gasteiger partial charge in [-0.15, -0.1) is 0 Å². The minimum atomic E-state index is -4.26. The Balaban J connectivity index is 1.82. The molecule has 0 aromatic heterocycles. The van der Waals surface area contributed by atoms with Crippen molar-refractivity contribution < 1.29 is 31.5 Å². The lowest BCUT2D eigenvalue weighted by Gasteiger charge is -2.13. The van der Waals surface area contributed by atoms with Gasteiger partial charge in [-0.05, 0) is 42.0 Å². The predicted molar refractivity (Wildman–Crippen MR) is 115 cm³/mol. The van der Waals surface area contributed by atoms with Crippen LogP contribution in [0.25, 0.3) is 0 Å². The highest BCUT2D eigenvalue weighted by Gasteiger charge is 2.18. The van der Waals surface area contributed by atoms with E-state index in [0.29, 0.717) is 10.6 Å². The lowest BCUT2D eigenvalue weighted by Crippen LogP contribution is -2.17. The minimum absolute atomic E-state index is 0.0282. The number of sulfonamides is 1. The highest BCUT2D eigenvalue weighted by molar-refractivity contribution is 7.89. The molecule has 0 saturated carbocycles. The number of rotatable bonds is 8. The molecule has 0 atom stereocenters. The zero-order valence-corrected chi connectivity index (χ0v) is 17.9. The van der Waals surface area contributed by atoms with E-state index >= 15 is 0 Å². The molecule has 0 aliphatic heterocycles. The second-order valence-corrected chi connectivity index (χ2v) is 8.42. The van der Waals surface area contributed by atoms with Gasteiger partial charge in [0.05, 0.1) is 6.42 Å². The molecule has 3 aromatic carbocycles. The average Bonchev–Trinajstić information content (AvgIpc) is 2.70. The molecule has 11 heteroatoms. The molecule has 0 heterocycles. The number of hydrogen-bond acceptors (Lipinski definition) is 5. The fourth-order valence-electron chi connectivity index (χ4n) is 2.75. The van der Waals surface area contributed by atoms with Crippen molar-refractivity contribution in [2.45, 2.75) is 17.9 Å². The highest BCUT2D eigenvalue weighted by atomic mass is 35.5. The summed E-state index contributed by atoms with van der Waals surface area (Å²) >= 11 is 6.05. The average molecular weight is 483 g/mol. The fraction of sp³-hybridized carbons (Fsp3) is 0.0952. The van der Waals surface area contributed by atoms with Crippen molar-refractivity contribution in [1.29, 1.82) is 0 Å². The molecule has 0 aliphatic rings. The topological polar surface area (TPSA) is 108 Å². The van der Waals surface area contributed by atoms with Gasteiger partial charge in [0.2, 0.25) is 15.9 Å². The predicted octanol–water partition coefficient (Wildman–Crippen LogP) is 4.56. The number of carbonyl (C=O) groups is 1. The Morgan fingerprint density at radius 1 is 1.03 bits per heavy atom. The van der Waals surface area contributed by atoms with E-state index in [2.05, 4.69) is 10.1 Å². The van der Waals surface area contributed by atoms with E-state index in [4.69, 9.17) is 21.5 Å². The van der Waals surface area contributed by atoms with Crippen LogP contribution in [0.2, 0.25) is 5.02 Å². The molecule has 3 rings (SSSR count). The van der Waals surface area contributed by atoms with E-state index in [-0.39, 0.29) is 29.4 Å². The molecule has 3 aromatic rings. The summed E-state index contributed by atoms with van der Waals surface area (Å²) in [5.41, 5.74) is 0.761. The molecule has 7 nitrogen and oxygen atoms in total. The van der Waals surface area contributed by atoms with Gasteiger partial charge in [-0.1, -0.05) is 35.9 Å². The van der Waals surface area contributed by atoms with Gasteiger partial charge >= 0.3 is 6.61 Å². The summed E-state index contributed by atoms with van der Waals surface area (Å²) in [6.45, 7) is -3.03. The number of primary sulfonamides is 1. The summed E-state index contributed by atoms with van der Waals surface area (Å²) in [5.74, 6) is -0.712. The minimum Gasteiger partial charge on any atom is -0.456 e. The van der Waals surface area contributed by atoms with Crippen molar-refractivity contribution in [3.05, 3.63) is 77.3 Å². The Labute approximate surface area is 187 Å². The number of ether oxygens (including phenoxy) is 2. The van der Waals surface area contributed by atoms with Crippen LogP contribution in [0, 0.1) is 0 Å². The Morgan fingerprint density at radius 2 is 1.75 bits per heavy atom. The van der Waals surface area contributed by atoms with Crippen LogP contribution >= 0.6 is 11.6 Å². The van der Waals surface area contributed by atoms with E-state index in [1.54, 1.807) is 24.3 Å². The number of nitrogens with two attached hydrogens (primary N) is 1. The summed E-state index contributed by atoms with van der Waals surface area (Å²) in [7, 11) is -4.26. The molecule has 1 amide bonds. The van der Waals surface area contributed by atoms with Gasteiger partial charge in [0.1, 0.15) is 22.1 Å². The Bertz CT molecular complexity index is 1240. The molecule has 0 spiro atoms. The molecule has 168 valence electrons. The van der Waals surface area contributed by atoms with Crippen LogP contribution in [0.15, 0.2) is 71.6 Å². The Morgan fingerprint density at radius 3 is 2.44 bits per heavy atom. The summed E-state index contributed by atoms with van der Waals surface area (Å²) in [6, 6.07) is 15.9. The molecular formula is C21H17ClF2N2O5S. The first-order chi connectivity index (χ1) is 15.1. The number of halogens is 3. The Kier molecular flexibility index (Phi) is 7.29. The van der Waals surface area contributed by atoms with Crippen molar-refractivity contribution in [3.8, 4) is 17.2 Å². The van der Waals surface area contributed by atoms with Gasteiger partial charge in [0.25, 0.3) is 0 Å². The van der Waals surface area contributed by atoms with E-state index in [9.17, 15) is 22.0 Å². The second kappa shape index (κ2) is 9.94. The van der Waals surface area contributed by atoms with E-state index in [0.717, 1.165) is 6.07 Å². The third kappa shape index (κ3) is 6.39. The summed E-state index contributed by atoms with van der Waals surface area (Å²) < 4.78 is 58.8. The zero-order valence-electron chi connectivity index (χ0n) is 16.3. The molecule has 0 unspecified atom stereocenters. The smallest absolute Gasteiger partial charge is 0.387 e. The van der Waals surface area contributed by atoms with Gasteiger partial charge in [-0.25, -0.2) is 13.6 Å². The van der Waals surface area contributed by atoms with Crippen molar-refractivity contribution in [2.75, 3.05) is 5.32 Å². The lowest BCUT2D eigenvalue weighted by molar-refractivity contribution is -0.115. The number of nitrogens with one attached hydrogen (secondary N) is 1. The molecule has 0 saturated heterocycles. The van der Waals surface area contributed by atoms with Crippen molar-refractivity contribution >= 4 is 33.2 Å². The normalized spacial score (nSPS) is 11.3.